The third kappa shape index (κ3) is 5.30. The Hall–Kier alpha value is -3.60. The van der Waals surface area contributed by atoms with Gasteiger partial charge in [-0.15, -0.1) is 0 Å². The normalized spacial score (nSPS) is 17.8. The van der Waals surface area contributed by atoms with Gasteiger partial charge >= 0.3 is 0 Å². The highest BCUT2D eigenvalue weighted by molar-refractivity contribution is 6.00. The van der Waals surface area contributed by atoms with E-state index in [1.165, 1.54) is 16.7 Å². The molecule has 1 saturated heterocycles. The number of piperidine rings is 1. The van der Waals surface area contributed by atoms with Crippen molar-refractivity contribution in [2.24, 2.45) is 0 Å². The van der Waals surface area contributed by atoms with Gasteiger partial charge < -0.3 is 15.5 Å². The molecule has 3 aromatic carbocycles. The topological polar surface area (TPSA) is 61.4 Å². The van der Waals surface area contributed by atoms with E-state index in [1.807, 2.05) is 48.5 Å². The van der Waals surface area contributed by atoms with Crippen molar-refractivity contribution in [2.75, 3.05) is 18.0 Å². The molecule has 1 unspecified atom stereocenters. The minimum Gasteiger partial charge on any atom is -0.371 e. The number of hydrogen-bond acceptors (Lipinski definition) is 3. The first-order chi connectivity index (χ1) is 17.6. The molecule has 1 fully saturated rings. The Kier molecular flexibility index (Phi) is 7.36. The fourth-order valence-electron chi connectivity index (χ4n) is 5.51. The largest absolute Gasteiger partial charge is 0.371 e. The number of nitrogens with zero attached hydrogens (tertiary/aromatic N) is 1. The van der Waals surface area contributed by atoms with Gasteiger partial charge in [-0.25, -0.2) is 0 Å². The van der Waals surface area contributed by atoms with E-state index in [-0.39, 0.29) is 23.9 Å². The van der Waals surface area contributed by atoms with Crippen LogP contribution >= 0.6 is 0 Å². The van der Waals surface area contributed by atoms with Gasteiger partial charge in [0.15, 0.2) is 0 Å². The first-order valence-corrected chi connectivity index (χ1v) is 13.2. The minimum absolute atomic E-state index is 0.0105. The zero-order chi connectivity index (χ0) is 24.9. The first-order valence-electron chi connectivity index (χ1n) is 13.2. The van der Waals surface area contributed by atoms with Crippen LogP contribution in [0.3, 0.4) is 0 Å². The van der Waals surface area contributed by atoms with Crippen LogP contribution in [0.25, 0.3) is 0 Å². The molecule has 3 aromatic rings. The summed E-state index contributed by atoms with van der Waals surface area (Å²) >= 11 is 0. The highest BCUT2D eigenvalue weighted by Gasteiger charge is 2.26. The number of nitrogens with one attached hydrogen (secondary N) is 2. The summed E-state index contributed by atoms with van der Waals surface area (Å²) in [6.07, 6.45) is 5.81. The monoisotopic (exact) mass is 481 g/mol. The molecule has 36 heavy (non-hydrogen) atoms. The van der Waals surface area contributed by atoms with Crippen LogP contribution in [0.15, 0.2) is 72.8 Å². The third-order valence-corrected chi connectivity index (χ3v) is 7.62. The molecule has 5 nitrogen and oxygen atoms in total. The molecule has 5 rings (SSSR count). The lowest BCUT2D eigenvalue weighted by molar-refractivity contribution is 0.0926. The van der Waals surface area contributed by atoms with Crippen LogP contribution in [0.1, 0.15) is 76.1 Å². The molecule has 2 aliphatic rings. The number of aryl methyl sites for hydroxylation is 2. The number of fused-ring (bicyclic) bond motifs is 1. The van der Waals surface area contributed by atoms with Crippen molar-refractivity contribution in [1.82, 2.24) is 10.6 Å². The summed E-state index contributed by atoms with van der Waals surface area (Å²) in [6.45, 7) is 3.71. The Morgan fingerprint density at radius 2 is 1.56 bits per heavy atom. The summed E-state index contributed by atoms with van der Waals surface area (Å²) in [6, 6.07) is 24.4. The fraction of sp³-hybridized carbons (Fsp3) is 0.355. The lowest BCUT2D eigenvalue weighted by Crippen LogP contribution is -2.45. The number of amides is 2. The van der Waals surface area contributed by atoms with Gasteiger partial charge in [0.25, 0.3) is 11.8 Å². The highest BCUT2D eigenvalue weighted by atomic mass is 16.2. The predicted octanol–water partition coefficient (Wildman–Crippen LogP) is 5.46. The second-order valence-corrected chi connectivity index (χ2v) is 9.92. The number of carbonyl (C=O) groups excluding carboxylic acids is 2. The van der Waals surface area contributed by atoms with Crippen molar-refractivity contribution < 1.29 is 9.59 Å². The number of anilines is 1. The Morgan fingerprint density at radius 3 is 2.33 bits per heavy atom. The van der Waals surface area contributed by atoms with Crippen LogP contribution in [-0.4, -0.2) is 30.9 Å². The van der Waals surface area contributed by atoms with E-state index in [0.29, 0.717) is 5.56 Å². The molecule has 1 aliphatic heterocycles. The number of carbonyl (C=O) groups is 2. The van der Waals surface area contributed by atoms with Crippen LogP contribution in [0.2, 0.25) is 0 Å². The van der Waals surface area contributed by atoms with Gasteiger partial charge in [0.1, 0.15) is 0 Å². The summed E-state index contributed by atoms with van der Waals surface area (Å²) < 4.78 is 0. The van der Waals surface area contributed by atoms with Crippen molar-refractivity contribution in [1.29, 1.82) is 0 Å². The SMILES string of the molecule is CCc1ccc(C(=O)NC2CCN(c3ccccc3C(=O)NC3CCCc4ccccc43)CC2)cc1. The van der Waals surface area contributed by atoms with Gasteiger partial charge in [0.2, 0.25) is 0 Å². The summed E-state index contributed by atoms with van der Waals surface area (Å²) in [4.78, 5) is 28.4. The van der Waals surface area contributed by atoms with Gasteiger partial charge in [-0.1, -0.05) is 55.5 Å². The molecule has 5 heteroatoms. The van der Waals surface area contributed by atoms with Crippen LogP contribution in [-0.2, 0) is 12.8 Å². The Balaban J connectivity index is 1.21. The molecule has 0 spiro atoms. The average molecular weight is 482 g/mol. The van der Waals surface area contributed by atoms with Crippen molar-refractivity contribution in [3.05, 3.63) is 101 Å². The van der Waals surface area contributed by atoms with E-state index in [2.05, 4.69) is 46.7 Å². The maximum absolute atomic E-state index is 13.4. The predicted molar refractivity (Wildman–Crippen MR) is 145 cm³/mol. The quantitative estimate of drug-likeness (QED) is 0.492. The molecule has 2 N–H and O–H groups in total. The van der Waals surface area contributed by atoms with E-state index in [1.54, 1.807) is 0 Å². The molecule has 0 aromatic heterocycles. The number of rotatable bonds is 6. The van der Waals surface area contributed by atoms with Crippen molar-refractivity contribution >= 4 is 17.5 Å². The molecule has 1 heterocycles. The number of hydrogen-bond donors (Lipinski definition) is 2. The average Bonchev–Trinajstić information content (AvgIpc) is 2.93. The van der Waals surface area contributed by atoms with E-state index in [0.717, 1.165) is 62.9 Å². The zero-order valence-corrected chi connectivity index (χ0v) is 21.0. The molecule has 1 atom stereocenters. The number of benzene rings is 3. The molecule has 186 valence electrons. The van der Waals surface area contributed by atoms with Gasteiger partial charge in [-0.3, -0.25) is 9.59 Å². The van der Waals surface area contributed by atoms with Crippen LogP contribution in [0, 0.1) is 0 Å². The maximum Gasteiger partial charge on any atom is 0.253 e. The summed E-state index contributed by atoms with van der Waals surface area (Å²) in [5.74, 6) is -0.0260. The van der Waals surface area contributed by atoms with Gasteiger partial charge in [0, 0.05) is 30.4 Å². The van der Waals surface area contributed by atoms with Crippen molar-refractivity contribution in [2.45, 2.75) is 57.5 Å². The summed E-state index contributed by atoms with van der Waals surface area (Å²) in [7, 11) is 0. The molecule has 0 radical (unpaired) electrons. The first kappa shape index (κ1) is 24.1. The second-order valence-electron chi connectivity index (χ2n) is 9.92. The molecule has 0 bridgehead atoms. The van der Waals surface area contributed by atoms with Crippen LogP contribution in [0.4, 0.5) is 5.69 Å². The van der Waals surface area contributed by atoms with Crippen LogP contribution in [0.5, 0.6) is 0 Å². The molecular weight excluding hydrogens is 446 g/mol. The summed E-state index contributed by atoms with van der Waals surface area (Å²) in [5.41, 5.74) is 6.22. The van der Waals surface area contributed by atoms with Crippen molar-refractivity contribution in [3.63, 3.8) is 0 Å². The van der Waals surface area contributed by atoms with Gasteiger partial charge in [0.05, 0.1) is 11.6 Å². The molecular formula is C31H35N3O2. The minimum atomic E-state index is -0.0155. The van der Waals surface area contributed by atoms with Crippen LogP contribution < -0.4 is 15.5 Å². The Labute approximate surface area is 213 Å². The standard InChI is InChI=1S/C31H35N3O2/c1-2-22-14-16-24(17-15-22)30(35)32-25-18-20-34(21-19-25)29-13-6-5-11-27(29)31(36)33-28-12-7-9-23-8-3-4-10-26(23)28/h3-6,8,10-11,13-17,25,28H,2,7,9,12,18-21H2,1H3,(H,32,35)(H,33,36). The molecule has 0 saturated carbocycles. The smallest absolute Gasteiger partial charge is 0.253 e. The highest BCUT2D eigenvalue weighted by Crippen LogP contribution is 2.31. The number of para-hydroxylation sites is 1. The second kappa shape index (κ2) is 11.0. The van der Waals surface area contributed by atoms with Gasteiger partial charge in [-0.2, -0.15) is 0 Å². The van der Waals surface area contributed by atoms with E-state index >= 15 is 0 Å². The van der Waals surface area contributed by atoms with E-state index in [9.17, 15) is 9.59 Å². The van der Waals surface area contributed by atoms with E-state index in [4.69, 9.17) is 0 Å². The summed E-state index contributed by atoms with van der Waals surface area (Å²) in [5, 5.41) is 6.51. The lowest BCUT2D eigenvalue weighted by atomic mass is 9.87. The zero-order valence-electron chi connectivity index (χ0n) is 21.0. The Morgan fingerprint density at radius 1 is 0.833 bits per heavy atom. The van der Waals surface area contributed by atoms with Gasteiger partial charge in [-0.05, 0) is 79.5 Å². The Bertz CT molecular complexity index is 1210. The fourth-order valence-corrected chi connectivity index (χ4v) is 5.51. The molecule has 1 aliphatic carbocycles. The third-order valence-electron chi connectivity index (χ3n) is 7.62. The maximum atomic E-state index is 13.4. The molecule has 2 amide bonds. The van der Waals surface area contributed by atoms with E-state index < -0.39 is 0 Å². The lowest BCUT2D eigenvalue weighted by Gasteiger charge is -2.35. The van der Waals surface area contributed by atoms with Crippen molar-refractivity contribution in [3.8, 4) is 0 Å².